The highest BCUT2D eigenvalue weighted by atomic mass is 16.4. The Balaban J connectivity index is 1.89. The van der Waals surface area contributed by atoms with Gasteiger partial charge in [0, 0.05) is 19.0 Å². The van der Waals surface area contributed by atoms with Crippen molar-refractivity contribution >= 4 is 5.97 Å². The Morgan fingerprint density at radius 2 is 2.08 bits per heavy atom. The molecule has 1 saturated heterocycles. The second-order valence-corrected chi connectivity index (χ2v) is 7.53. The van der Waals surface area contributed by atoms with Crippen LogP contribution >= 0.6 is 0 Å². The van der Waals surface area contributed by atoms with E-state index in [4.69, 9.17) is 0 Å². The Bertz CT molecular complexity index is 660. The third-order valence-corrected chi connectivity index (χ3v) is 4.97. The van der Waals surface area contributed by atoms with Crippen LogP contribution in [0.15, 0.2) is 10.9 Å². The number of likely N-dealkylation sites (tertiary alicyclic amines) is 1. The van der Waals surface area contributed by atoms with Crippen LogP contribution in [0, 0.1) is 5.92 Å². The van der Waals surface area contributed by atoms with E-state index < -0.39 is 12.0 Å². The van der Waals surface area contributed by atoms with Crippen LogP contribution in [0.5, 0.6) is 0 Å². The minimum atomic E-state index is -0.980. The molecule has 2 aliphatic rings. The zero-order chi connectivity index (χ0) is 17.3. The zero-order valence-corrected chi connectivity index (χ0v) is 14.6. The second-order valence-electron chi connectivity index (χ2n) is 7.53. The summed E-state index contributed by atoms with van der Waals surface area (Å²) in [6.07, 6.45) is 4.67. The number of carboxylic acid groups (broad SMARTS) is 1. The first-order valence-corrected chi connectivity index (χ1v) is 9.03. The highest BCUT2D eigenvalue weighted by molar-refractivity contribution is 5.71. The number of hydrogen-bond acceptors (Lipinski definition) is 4. The van der Waals surface area contributed by atoms with E-state index in [1.54, 1.807) is 6.07 Å². The van der Waals surface area contributed by atoms with Gasteiger partial charge in [0.2, 0.25) is 0 Å². The maximum Gasteiger partial charge on any atom is 0.328 e. The number of carboxylic acids is 1. The first kappa shape index (κ1) is 17.1. The summed E-state index contributed by atoms with van der Waals surface area (Å²) in [5, 5.41) is 14.1. The molecule has 1 aliphatic carbocycles. The predicted octanol–water partition coefficient (Wildman–Crippen LogP) is 2.04. The molecule has 132 valence electrons. The quantitative estimate of drug-likeness (QED) is 0.788. The van der Waals surface area contributed by atoms with Crippen LogP contribution in [0.4, 0.5) is 0 Å². The molecular formula is C18H27N3O3. The van der Waals surface area contributed by atoms with Gasteiger partial charge in [-0.15, -0.1) is 0 Å². The Morgan fingerprint density at radius 1 is 1.38 bits per heavy atom. The molecule has 1 aromatic rings. The van der Waals surface area contributed by atoms with Gasteiger partial charge in [0.05, 0.1) is 5.69 Å². The summed E-state index contributed by atoms with van der Waals surface area (Å²) >= 11 is 0. The molecule has 2 heterocycles. The van der Waals surface area contributed by atoms with E-state index in [2.05, 4.69) is 10.00 Å². The molecule has 0 aromatic carbocycles. The van der Waals surface area contributed by atoms with Crippen LogP contribution in [-0.4, -0.2) is 45.4 Å². The van der Waals surface area contributed by atoms with E-state index in [0.717, 1.165) is 50.2 Å². The molecule has 0 radical (unpaired) electrons. The van der Waals surface area contributed by atoms with E-state index in [1.807, 2.05) is 13.8 Å². The van der Waals surface area contributed by atoms with Crippen molar-refractivity contribution in [3.63, 3.8) is 0 Å². The fourth-order valence-corrected chi connectivity index (χ4v) is 3.31. The van der Waals surface area contributed by atoms with Crippen LogP contribution in [0.25, 0.3) is 0 Å². The van der Waals surface area contributed by atoms with Crippen molar-refractivity contribution < 1.29 is 9.90 Å². The molecule has 2 fully saturated rings. The number of aromatic nitrogens is 2. The molecular weight excluding hydrogens is 306 g/mol. The number of hydrogen-bond donors (Lipinski definition) is 1. The fraction of sp³-hybridized carbons (Fsp3) is 0.722. The van der Waals surface area contributed by atoms with E-state index in [9.17, 15) is 14.7 Å². The number of rotatable bonds is 8. The zero-order valence-electron chi connectivity index (χ0n) is 14.6. The van der Waals surface area contributed by atoms with Gasteiger partial charge in [-0.1, -0.05) is 13.8 Å². The van der Waals surface area contributed by atoms with Gasteiger partial charge in [-0.05, 0) is 56.2 Å². The van der Waals surface area contributed by atoms with Crippen molar-refractivity contribution in [2.75, 3.05) is 19.6 Å². The maximum atomic E-state index is 12.5. The summed E-state index contributed by atoms with van der Waals surface area (Å²) in [5.74, 6) is -0.349. The number of nitrogens with zero attached hydrogens (tertiary/aromatic N) is 3. The SMILES string of the molecule is CC(C)CC(C(=O)O)n1nc(CCN2CCC2)c(C2CC2)cc1=O. The number of carbonyl (C=O) groups is 1. The van der Waals surface area contributed by atoms with Crippen molar-refractivity contribution in [1.82, 2.24) is 14.7 Å². The summed E-state index contributed by atoms with van der Waals surface area (Å²) in [6, 6.07) is 0.764. The third kappa shape index (κ3) is 3.86. The minimum absolute atomic E-state index is 0.187. The molecule has 1 saturated carbocycles. The lowest BCUT2D eigenvalue weighted by atomic mass is 10.0. The Kier molecular flexibility index (Phi) is 5.04. The highest BCUT2D eigenvalue weighted by Crippen LogP contribution is 2.41. The van der Waals surface area contributed by atoms with Gasteiger partial charge < -0.3 is 10.0 Å². The van der Waals surface area contributed by atoms with Crippen LogP contribution in [0.1, 0.15) is 62.7 Å². The average molecular weight is 333 g/mol. The lowest BCUT2D eigenvalue weighted by molar-refractivity contribution is -0.141. The van der Waals surface area contributed by atoms with Crippen LogP contribution in [0.2, 0.25) is 0 Å². The van der Waals surface area contributed by atoms with Crippen molar-refractivity contribution in [1.29, 1.82) is 0 Å². The van der Waals surface area contributed by atoms with Crippen LogP contribution in [0.3, 0.4) is 0 Å². The van der Waals surface area contributed by atoms with Gasteiger partial charge in [0.15, 0.2) is 6.04 Å². The lowest BCUT2D eigenvalue weighted by Crippen LogP contribution is -2.39. The minimum Gasteiger partial charge on any atom is -0.480 e. The van der Waals surface area contributed by atoms with E-state index >= 15 is 0 Å². The van der Waals surface area contributed by atoms with Crippen molar-refractivity contribution in [3.8, 4) is 0 Å². The highest BCUT2D eigenvalue weighted by Gasteiger charge is 2.30. The smallest absolute Gasteiger partial charge is 0.328 e. The van der Waals surface area contributed by atoms with Gasteiger partial charge in [-0.3, -0.25) is 4.79 Å². The number of aliphatic carboxylic acids is 1. The van der Waals surface area contributed by atoms with Crippen molar-refractivity contribution in [3.05, 3.63) is 27.7 Å². The summed E-state index contributed by atoms with van der Waals surface area (Å²) in [5.41, 5.74) is 1.68. The van der Waals surface area contributed by atoms with Gasteiger partial charge >= 0.3 is 5.97 Å². The summed E-state index contributed by atoms with van der Waals surface area (Å²) < 4.78 is 1.21. The largest absolute Gasteiger partial charge is 0.480 e. The fourth-order valence-electron chi connectivity index (χ4n) is 3.31. The van der Waals surface area contributed by atoms with Crippen molar-refractivity contribution in [2.45, 2.75) is 57.9 Å². The summed E-state index contributed by atoms with van der Waals surface area (Å²) in [6.45, 7) is 7.12. The lowest BCUT2D eigenvalue weighted by Gasteiger charge is -2.30. The molecule has 0 spiro atoms. The van der Waals surface area contributed by atoms with Gasteiger partial charge in [0.25, 0.3) is 5.56 Å². The molecule has 6 heteroatoms. The van der Waals surface area contributed by atoms with Gasteiger partial charge in [-0.2, -0.15) is 5.10 Å². The molecule has 3 rings (SSSR count). The summed E-state index contributed by atoms with van der Waals surface area (Å²) in [4.78, 5) is 26.5. The maximum absolute atomic E-state index is 12.5. The normalized spacial score (nSPS) is 19.3. The van der Waals surface area contributed by atoms with Gasteiger partial charge in [-0.25, -0.2) is 9.48 Å². The molecule has 6 nitrogen and oxygen atoms in total. The van der Waals surface area contributed by atoms with E-state index in [-0.39, 0.29) is 11.5 Å². The molecule has 1 unspecified atom stereocenters. The summed E-state index contributed by atoms with van der Waals surface area (Å²) in [7, 11) is 0. The first-order valence-electron chi connectivity index (χ1n) is 9.03. The molecule has 24 heavy (non-hydrogen) atoms. The molecule has 1 aromatic heterocycles. The predicted molar refractivity (Wildman–Crippen MR) is 91.4 cm³/mol. The first-order chi connectivity index (χ1) is 11.5. The molecule has 0 amide bonds. The Hall–Kier alpha value is -1.69. The molecule has 1 aliphatic heterocycles. The van der Waals surface area contributed by atoms with E-state index in [0.29, 0.717) is 12.3 Å². The molecule has 1 N–H and O–H groups in total. The Morgan fingerprint density at radius 3 is 2.58 bits per heavy atom. The Labute approximate surface area is 142 Å². The van der Waals surface area contributed by atoms with E-state index in [1.165, 1.54) is 11.1 Å². The van der Waals surface area contributed by atoms with Crippen LogP contribution in [-0.2, 0) is 11.2 Å². The standard InChI is InChI=1S/C18H27N3O3/c1-12(2)10-16(18(23)24)21-17(22)11-14(13-4-5-13)15(19-21)6-9-20-7-3-8-20/h11-13,16H,3-10H2,1-2H3,(H,23,24). The third-order valence-electron chi connectivity index (χ3n) is 4.97. The molecule has 0 bridgehead atoms. The van der Waals surface area contributed by atoms with Gasteiger partial charge in [0.1, 0.15) is 0 Å². The average Bonchev–Trinajstić information content (AvgIpc) is 3.28. The van der Waals surface area contributed by atoms with Crippen molar-refractivity contribution in [2.24, 2.45) is 5.92 Å². The monoisotopic (exact) mass is 333 g/mol. The molecule has 1 atom stereocenters. The van der Waals surface area contributed by atoms with Crippen LogP contribution < -0.4 is 5.56 Å². The topological polar surface area (TPSA) is 75.4 Å². The second kappa shape index (κ2) is 7.05.